The van der Waals surface area contributed by atoms with Crippen molar-refractivity contribution in [2.45, 2.75) is 45.6 Å². The van der Waals surface area contributed by atoms with E-state index in [0.717, 1.165) is 37.8 Å². The third-order valence-electron chi connectivity index (χ3n) is 3.60. The molecule has 1 heterocycles. The van der Waals surface area contributed by atoms with Crippen LogP contribution in [0, 0.1) is 5.92 Å². The zero-order chi connectivity index (χ0) is 12.8. The zero-order valence-electron chi connectivity index (χ0n) is 11.6. The van der Waals surface area contributed by atoms with Gasteiger partial charge in [-0.15, -0.1) is 0 Å². The second-order valence-electron chi connectivity index (χ2n) is 5.11. The van der Waals surface area contributed by atoms with Crippen molar-refractivity contribution in [2.75, 3.05) is 19.7 Å². The van der Waals surface area contributed by atoms with E-state index in [1.54, 1.807) is 0 Å². The van der Waals surface area contributed by atoms with E-state index in [4.69, 9.17) is 4.74 Å². The molecule has 0 spiro atoms. The van der Waals surface area contributed by atoms with E-state index in [1.807, 2.05) is 12.4 Å². The molecule has 102 valence electrons. The van der Waals surface area contributed by atoms with Crippen LogP contribution in [0.1, 0.15) is 45.6 Å². The van der Waals surface area contributed by atoms with E-state index in [1.165, 1.54) is 19.3 Å². The molecule has 0 bridgehead atoms. The van der Waals surface area contributed by atoms with Crippen LogP contribution in [-0.2, 0) is 0 Å². The molecule has 0 amide bonds. The Morgan fingerprint density at radius 2 is 2.28 bits per heavy atom. The Morgan fingerprint density at radius 1 is 1.39 bits per heavy atom. The molecule has 1 saturated carbocycles. The van der Waals surface area contributed by atoms with Gasteiger partial charge in [-0.05, 0) is 44.7 Å². The van der Waals surface area contributed by atoms with Gasteiger partial charge in [0.1, 0.15) is 0 Å². The molecule has 0 aliphatic heterocycles. The van der Waals surface area contributed by atoms with Gasteiger partial charge in [0.05, 0.1) is 25.0 Å². The molecule has 1 aliphatic carbocycles. The molecular weight excluding hydrogens is 226 g/mol. The average molecular weight is 251 g/mol. The number of hydrogen-bond donors (Lipinski definition) is 1. The van der Waals surface area contributed by atoms with Gasteiger partial charge in [-0.2, -0.15) is 5.10 Å². The Kier molecular flexibility index (Phi) is 5.05. The first kappa shape index (κ1) is 13.4. The highest BCUT2D eigenvalue weighted by Crippen LogP contribution is 2.38. The Balaban J connectivity index is 1.81. The number of hydrogen-bond acceptors (Lipinski definition) is 3. The maximum atomic E-state index is 5.59. The molecule has 1 N–H and O–H groups in total. The smallest absolute Gasteiger partial charge is 0.157 e. The van der Waals surface area contributed by atoms with Gasteiger partial charge in [0.2, 0.25) is 0 Å². The molecule has 1 aromatic heterocycles. The summed E-state index contributed by atoms with van der Waals surface area (Å²) in [4.78, 5) is 0. The minimum absolute atomic E-state index is 0.563. The maximum absolute atomic E-state index is 5.59. The summed E-state index contributed by atoms with van der Waals surface area (Å²) < 4.78 is 7.68. The lowest BCUT2D eigenvalue weighted by atomic mass is 9.79. The summed E-state index contributed by atoms with van der Waals surface area (Å²) in [7, 11) is 0. The van der Waals surface area contributed by atoms with Crippen molar-refractivity contribution in [1.29, 1.82) is 0 Å². The highest BCUT2D eigenvalue weighted by atomic mass is 16.5. The summed E-state index contributed by atoms with van der Waals surface area (Å²) in [6.07, 6.45) is 8.68. The Hall–Kier alpha value is -1.03. The molecule has 4 heteroatoms. The van der Waals surface area contributed by atoms with Crippen molar-refractivity contribution in [3.8, 4) is 5.75 Å². The van der Waals surface area contributed by atoms with Gasteiger partial charge in [0.25, 0.3) is 0 Å². The molecule has 1 aromatic rings. The van der Waals surface area contributed by atoms with Crippen LogP contribution in [0.4, 0.5) is 0 Å². The fourth-order valence-electron chi connectivity index (χ4n) is 2.40. The monoisotopic (exact) mass is 251 g/mol. The van der Waals surface area contributed by atoms with Gasteiger partial charge in [0.15, 0.2) is 5.75 Å². The lowest BCUT2D eigenvalue weighted by Crippen LogP contribution is -2.37. The van der Waals surface area contributed by atoms with Gasteiger partial charge >= 0.3 is 0 Å². The van der Waals surface area contributed by atoms with Crippen LogP contribution in [0.15, 0.2) is 12.4 Å². The van der Waals surface area contributed by atoms with Crippen LogP contribution < -0.4 is 10.1 Å². The van der Waals surface area contributed by atoms with Crippen LogP contribution in [0.2, 0.25) is 0 Å². The third-order valence-corrected chi connectivity index (χ3v) is 3.60. The summed E-state index contributed by atoms with van der Waals surface area (Å²) in [5.74, 6) is 1.64. The number of aromatic nitrogens is 2. The minimum Gasteiger partial charge on any atom is -0.490 e. The predicted molar refractivity (Wildman–Crippen MR) is 72.9 cm³/mol. The molecule has 0 radical (unpaired) electrons. The fraction of sp³-hybridized carbons (Fsp3) is 0.786. The van der Waals surface area contributed by atoms with Gasteiger partial charge in [-0.1, -0.05) is 13.8 Å². The normalized spacial score (nSPS) is 22.8. The van der Waals surface area contributed by atoms with Crippen LogP contribution >= 0.6 is 0 Å². The molecule has 1 fully saturated rings. The highest BCUT2D eigenvalue weighted by molar-refractivity contribution is 5.12. The molecular formula is C14H25N3O. The van der Waals surface area contributed by atoms with Crippen LogP contribution in [0.25, 0.3) is 0 Å². The zero-order valence-corrected chi connectivity index (χ0v) is 11.6. The minimum atomic E-state index is 0.563. The molecule has 2 rings (SSSR count). The van der Waals surface area contributed by atoms with E-state index >= 15 is 0 Å². The summed E-state index contributed by atoms with van der Waals surface area (Å²) in [5, 5.41) is 7.94. The topological polar surface area (TPSA) is 39.1 Å². The van der Waals surface area contributed by atoms with E-state index in [9.17, 15) is 0 Å². The fourth-order valence-corrected chi connectivity index (χ4v) is 2.40. The molecule has 2 atom stereocenters. The largest absolute Gasteiger partial charge is 0.490 e. The lowest BCUT2D eigenvalue weighted by Gasteiger charge is -2.36. The van der Waals surface area contributed by atoms with Gasteiger partial charge in [-0.3, -0.25) is 4.68 Å². The quantitative estimate of drug-likeness (QED) is 0.722. The summed E-state index contributed by atoms with van der Waals surface area (Å²) in [6.45, 7) is 7.33. The summed E-state index contributed by atoms with van der Waals surface area (Å²) >= 11 is 0. The highest BCUT2D eigenvalue weighted by Gasteiger charge is 2.32. The molecule has 1 aliphatic rings. The van der Waals surface area contributed by atoms with Crippen LogP contribution in [0.3, 0.4) is 0 Å². The Labute approximate surface area is 110 Å². The van der Waals surface area contributed by atoms with Gasteiger partial charge in [0, 0.05) is 0 Å². The molecule has 4 nitrogen and oxygen atoms in total. The first-order chi connectivity index (χ1) is 8.85. The predicted octanol–water partition coefficient (Wildman–Crippen LogP) is 2.62. The first-order valence-electron chi connectivity index (χ1n) is 7.22. The molecule has 18 heavy (non-hydrogen) atoms. The molecule has 0 aromatic carbocycles. The van der Waals surface area contributed by atoms with E-state index < -0.39 is 0 Å². The van der Waals surface area contributed by atoms with Crippen molar-refractivity contribution < 1.29 is 4.74 Å². The number of nitrogens with zero attached hydrogens (tertiary/aromatic N) is 2. The third kappa shape index (κ3) is 3.25. The standard InChI is InChI=1S/C14H25N3O/c1-3-7-15-9-12-5-6-14(12)17-11-13(10-16-17)18-8-4-2/h10-12,14-15H,3-9H2,1-2H3. The van der Waals surface area contributed by atoms with Crippen molar-refractivity contribution in [2.24, 2.45) is 5.92 Å². The Morgan fingerprint density at radius 3 is 2.94 bits per heavy atom. The second-order valence-corrected chi connectivity index (χ2v) is 5.11. The number of ether oxygens (including phenoxy) is 1. The summed E-state index contributed by atoms with van der Waals surface area (Å²) in [6, 6.07) is 0.563. The second kappa shape index (κ2) is 6.78. The Bertz CT molecular complexity index is 351. The SMILES string of the molecule is CCCNCC1CCC1n1cc(OCCC)cn1. The number of rotatable bonds is 8. The van der Waals surface area contributed by atoms with E-state index in [-0.39, 0.29) is 0 Å². The molecule has 2 unspecified atom stereocenters. The average Bonchev–Trinajstić information content (AvgIpc) is 2.79. The number of nitrogens with one attached hydrogen (secondary N) is 1. The first-order valence-corrected chi connectivity index (χ1v) is 7.22. The van der Waals surface area contributed by atoms with Crippen LogP contribution in [-0.4, -0.2) is 29.5 Å². The van der Waals surface area contributed by atoms with Crippen molar-refractivity contribution in [3.63, 3.8) is 0 Å². The van der Waals surface area contributed by atoms with Gasteiger partial charge in [-0.25, -0.2) is 0 Å². The van der Waals surface area contributed by atoms with Crippen LogP contribution in [0.5, 0.6) is 5.75 Å². The van der Waals surface area contributed by atoms with Gasteiger partial charge < -0.3 is 10.1 Å². The van der Waals surface area contributed by atoms with Crippen molar-refractivity contribution in [3.05, 3.63) is 12.4 Å². The lowest BCUT2D eigenvalue weighted by molar-refractivity contribution is 0.163. The van der Waals surface area contributed by atoms with Crippen molar-refractivity contribution >= 4 is 0 Å². The van der Waals surface area contributed by atoms with Crippen molar-refractivity contribution in [1.82, 2.24) is 15.1 Å². The molecule has 0 saturated heterocycles. The van der Waals surface area contributed by atoms with E-state index in [0.29, 0.717) is 6.04 Å². The van der Waals surface area contributed by atoms with E-state index in [2.05, 4.69) is 28.9 Å². The maximum Gasteiger partial charge on any atom is 0.157 e. The summed E-state index contributed by atoms with van der Waals surface area (Å²) in [5.41, 5.74) is 0.